The van der Waals surface area contributed by atoms with Crippen molar-refractivity contribution in [2.24, 2.45) is 0 Å². The predicted molar refractivity (Wildman–Crippen MR) is 94.3 cm³/mol. The number of rotatable bonds is 6. The first-order valence-electron chi connectivity index (χ1n) is 6.98. The third-order valence-electron chi connectivity index (χ3n) is 3.14. The highest BCUT2D eigenvalue weighted by Crippen LogP contribution is 2.26. The van der Waals surface area contributed by atoms with Gasteiger partial charge in [0.05, 0.1) is 6.07 Å². The first-order chi connectivity index (χ1) is 11.5. The molecule has 1 amide bonds. The van der Waals surface area contributed by atoms with Crippen molar-refractivity contribution in [1.29, 1.82) is 5.26 Å². The largest absolute Gasteiger partial charge is 0.488 e. The Hall–Kier alpha value is -1.93. The van der Waals surface area contributed by atoms with Gasteiger partial charge in [0.25, 0.3) is 0 Å². The first-order valence-corrected chi connectivity index (χ1v) is 8.12. The topological polar surface area (TPSA) is 62.1 Å². The van der Waals surface area contributed by atoms with E-state index >= 15 is 0 Å². The summed E-state index contributed by atoms with van der Waals surface area (Å²) >= 11 is 18.0. The van der Waals surface area contributed by atoms with Crippen LogP contribution >= 0.6 is 34.8 Å². The summed E-state index contributed by atoms with van der Waals surface area (Å²) in [6, 6.07) is 12.1. The zero-order valence-corrected chi connectivity index (χ0v) is 14.8. The Kier molecular flexibility index (Phi) is 6.74. The number of nitrogens with one attached hydrogen (secondary N) is 1. The molecule has 0 bridgehead atoms. The fraction of sp³-hybridized carbons (Fsp3) is 0.176. The summed E-state index contributed by atoms with van der Waals surface area (Å²) in [5, 5.41) is 12.7. The molecule has 1 N–H and O–H groups in total. The summed E-state index contributed by atoms with van der Waals surface area (Å²) < 4.78 is 5.79. The lowest BCUT2D eigenvalue weighted by molar-refractivity contribution is -0.120. The Morgan fingerprint density at radius 3 is 2.50 bits per heavy atom. The van der Waals surface area contributed by atoms with Gasteiger partial charge in [-0.3, -0.25) is 4.79 Å². The summed E-state index contributed by atoms with van der Waals surface area (Å²) in [7, 11) is 0. The van der Waals surface area contributed by atoms with Crippen molar-refractivity contribution in [3.05, 3.63) is 62.6 Å². The van der Waals surface area contributed by atoms with Gasteiger partial charge in [-0.15, -0.1) is 0 Å². The quantitative estimate of drug-likeness (QED) is 0.782. The normalized spacial score (nSPS) is 10.1. The molecule has 2 aromatic carbocycles. The third kappa shape index (κ3) is 5.31. The predicted octanol–water partition coefficient (Wildman–Crippen LogP) is 4.76. The molecule has 0 spiro atoms. The molecule has 0 fully saturated rings. The number of carbonyl (C=O) groups excluding carboxylic acids is 1. The second-order valence-corrected chi connectivity index (χ2v) is 6.17. The van der Waals surface area contributed by atoms with Crippen molar-refractivity contribution in [2.75, 3.05) is 0 Å². The second-order valence-electron chi connectivity index (χ2n) is 4.89. The molecule has 7 heteroatoms. The first kappa shape index (κ1) is 18.4. The van der Waals surface area contributed by atoms with Gasteiger partial charge in [-0.05, 0) is 30.3 Å². The molecule has 0 aliphatic carbocycles. The Balaban J connectivity index is 2.09. The minimum Gasteiger partial charge on any atom is -0.488 e. The molecule has 4 nitrogen and oxygen atoms in total. The van der Waals surface area contributed by atoms with Crippen LogP contribution in [0.4, 0.5) is 0 Å². The van der Waals surface area contributed by atoms with Gasteiger partial charge in [-0.25, -0.2) is 0 Å². The van der Waals surface area contributed by atoms with E-state index in [4.69, 9.17) is 44.8 Å². The van der Waals surface area contributed by atoms with Crippen molar-refractivity contribution in [1.82, 2.24) is 5.32 Å². The zero-order chi connectivity index (χ0) is 17.5. The van der Waals surface area contributed by atoms with Crippen LogP contribution in [0.1, 0.15) is 17.5 Å². The fourth-order valence-corrected chi connectivity index (χ4v) is 2.61. The molecular weight excluding hydrogens is 371 g/mol. The number of carbonyl (C=O) groups is 1. The number of hydrogen-bond acceptors (Lipinski definition) is 3. The molecule has 2 rings (SSSR count). The Labute approximate surface area is 154 Å². The van der Waals surface area contributed by atoms with Crippen LogP contribution in [0.25, 0.3) is 0 Å². The van der Waals surface area contributed by atoms with Crippen LogP contribution < -0.4 is 10.1 Å². The van der Waals surface area contributed by atoms with Crippen molar-refractivity contribution >= 4 is 40.7 Å². The molecule has 2 aromatic rings. The van der Waals surface area contributed by atoms with Gasteiger partial charge in [-0.1, -0.05) is 40.9 Å². The smallest absolute Gasteiger partial charge is 0.234 e. The maximum atomic E-state index is 11.4. The standard InChI is InChI=1S/C17H13Cl3N2O2/c18-13-3-4-16(12(7-13)9-22-17(23)5-6-21)24-10-11-1-2-14(19)8-15(11)20/h1-4,7-8H,5,9-10H2,(H,22,23). The Bertz CT molecular complexity index is 788. The molecule has 0 unspecified atom stereocenters. The molecule has 0 saturated heterocycles. The molecule has 0 aromatic heterocycles. The molecule has 124 valence electrons. The van der Waals surface area contributed by atoms with E-state index in [-0.39, 0.29) is 25.5 Å². The zero-order valence-electron chi connectivity index (χ0n) is 12.5. The average Bonchev–Trinajstić information content (AvgIpc) is 2.53. The number of halogens is 3. The summed E-state index contributed by atoms with van der Waals surface area (Å²) in [5.74, 6) is 0.215. The highest BCUT2D eigenvalue weighted by molar-refractivity contribution is 6.35. The maximum Gasteiger partial charge on any atom is 0.234 e. The minimum atomic E-state index is -0.357. The summed E-state index contributed by atoms with van der Waals surface area (Å²) in [6.45, 7) is 0.460. The molecule has 0 saturated carbocycles. The number of hydrogen-bond donors (Lipinski definition) is 1. The van der Waals surface area contributed by atoms with Crippen molar-refractivity contribution < 1.29 is 9.53 Å². The van der Waals surface area contributed by atoms with Crippen molar-refractivity contribution in [3.63, 3.8) is 0 Å². The van der Waals surface area contributed by atoms with Crippen LogP contribution in [-0.2, 0) is 17.9 Å². The molecular formula is C17H13Cl3N2O2. The van der Waals surface area contributed by atoms with E-state index in [0.29, 0.717) is 26.4 Å². The highest BCUT2D eigenvalue weighted by atomic mass is 35.5. The average molecular weight is 384 g/mol. The lowest BCUT2D eigenvalue weighted by Gasteiger charge is -2.13. The second kappa shape index (κ2) is 8.79. The Morgan fingerprint density at radius 2 is 1.79 bits per heavy atom. The SMILES string of the molecule is N#CCC(=O)NCc1cc(Cl)ccc1OCc1ccc(Cl)cc1Cl. The highest BCUT2D eigenvalue weighted by Gasteiger charge is 2.09. The van der Waals surface area contributed by atoms with E-state index in [1.807, 2.05) is 0 Å². The summed E-state index contributed by atoms with van der Waals surface area (Å²) in [4.78, 5) is 11.4. The van der Waals surface area contributed by atoms with Gasteiger partial charge in [0, 0.05) is 32.7 Å². The number of nitriles is 1. The van der Waals surface area contributed by atoms with Crippen LogP contribution in [-0.4, -0.2) is 5.91 Å². The number of nitrogens with zero attached hydrogens (tertiary/aromatic N) is 1. The van der Waals surface area contributed by atoms with Crippen LogP contribution in [0.5, 0.6) is 5.75 Å². The Morgan fingerprint density at radius 1 is 1.08 bits per heavy atom. The molecule has 24 heavy (non-hydrogen) atoms. The number of ether oxygens (including phenoxy) is 1. The van der Waals surface area contributed by atoms with E-state index in [2.05, 4.69) is 5.32 Å². The van der Waals surface area contributed by atoms with Crippen molar-refractivity contribution in [2.45, 2.75) is 19.6 Å². The molecule has 0 heterocycles. The molecule has 0 radical (unpaired) electrons. The van der Waals surface area contributed by atoms with Crippen LogP contribution in [0.2, 0.25) is 15.1 Å². The van der Waals surface area contributed by atoms with Gasteiger partial charge >= 0.3 is 0 Å². The van der Waals surface area contributed by atoms with Gasteiger partial charge in [0.1, 0.15) is 18.8 Å². The summed E-state index contributed by atoms with van der Waals surface area (Å²) in [5.41, 5.74) is 1.49. The molecule has 0 aliphatic heterocycles. The van der Waals surface area contributed by atoms with Gasteiger partial charge < -0.3 is 10.1 Å². The van der Waals surface area contributed by atoms with Crippen molar-refractivity contribution in [3.8, 4) is 11.8 Å². The van der Waals surface area contributed by atoms with E-state index in [9.17, 15) is 4.79 Å². The van der Waals surface area contributed by atoms with Gasteiger partial charge in [-0.2, -0.15) is 5.26 Å². The van der Waals surface area contributed by atoms with E-state index < -0.39 is 0 Å². The van der Waals surface area contributed by atoms with Crippen LogP contribution in [0, 0.1) is 11.3 Å². The number of benzene rings is 2. The third-order valence-corrected chi connectivity index (χ3v) is 3.96. The van der Waals surface area contributed by atoms with Crippen LogP contribution in [0.3, 0.4) is 0 Å². The maximum absolute atomic E-state index is 11.4. The van der Waals surface area contributed by atoms with Gasteiger partial charge in [0.2, 0.25) is 5.91 Å². The lowest BCUT2D eigenvalue weighted by atomic mass is 10.2. The monoisotopic (exact) mass is 382 g/mol. The molecule has 0 atom stereocenters. The van der Waals surface area contributed by atoms with E-state index in [1.54, 1.807) is 42.5 Å². The van der Waals surface area contributed by atoms with E-state index in [0.717, 1.165) is 5.56 Å². The number of amides is 1. The molecule has 0 aliphatic rings. The van der Waals surface area contributed by atoms with Crippen LogP contribution in [0.15, 0.2) is 36.4 Å². The lowest BCUT2D eigenvalue weighted by Crippen LogP contribution is -2.22. The summed E-state index contributed by atoms with van der Waals surface area (Å²) in [6.07, 6.45) is -0.197. The van der Waals surface area contributed by atoms with Gasteiger partial charge in [0.15, 0.2) is 0 Å². The minimum absolute atomic E-state index is 0.197. The fourth-order valence-electron chi connectivity index (χ4n) is 1.95. The van der Waals surface area contributed by atoms with E-state index in [1.165, 1.54) is 0 Å².